The van der Waals surface area contributed by atoms with E-state index in [4.69, 9.17) is 28.5 Å². The molecule has 80 valence electrons. The number of benzene rings is 1. The van der Waals surface area contributed by atoms with Crippen LogP contribution in [0.1, 0.15) is 25.5 Å². The highest BCUT2D eigenvalue weighted by molar-refractivity contribution is 6.33. The second kappa shape index (κ2) is 4.40. The molecule has 0 radical (unpaired) electrons. The number of hydrogen-bond acceptors (Lipinski definition) is 2. The van der Waals surface area contributed by atoms with E-state index in [1.807, 2.05) is 6.07 Å². The summed E-state index contributed by atoms with van der Waals surface area (Å²) in [7, 11) is 0. The van der Waals surface area contributed by atoms with E-state index >= 15 is 0 Å². The molecular formula is C11H11Cl2NO. The van der Waals surface area contributed by atoms with Crippen LogP contribution in [0.4, 0.5) is 0 Å². The number of aliphatic hydroxyl groups excluding tert-OH is 1. The van der Waals surface area contributed by atoms with Crippen molar-refractivity contribution in [3.05, 3.63) is 33.8 Å². The summed E-state index contributed by atoms with van der Waals surface area (Å²) in [5, 5.41) is 19.8. The van der Waals surface area contributed by atoms with Crippen molar-refractivity contribution in [2.45, 2.75) is 20.0 Å². The summed E-state index contributed by atoms with van der Waals surface area (Å²) in [6.45, 7) is 3.30. The van der Waals surface area contributed by atoms with Crippen LogP contribution in [0.3, 0.4) is 0 Å². The SMILES string of the molecule is CC(C)(C#N)C(O)c1cc(Cl)ccc1Cl. The highest BCUT2D eigenvalue weighted by atomic mass is 35.5. The molecule has 0 saturated carbocycles. The van der Waals surface area contributed by atoms with Crippen molar-refractivity contribution >= 4 is 23.2 Å². The zero-order valence-electron chi connectivity index (χ0n) is 8.46. The molecule has 1 N–H and O–H groups in total. The van der Waals surface area contributed by atoms with Crippen molar-refractivity contribution in [3.8, 4) is 6.07 Å². The van der Waals surface area contributed by atoms with Gasteiger partial charge in [0.1, 0.15) is 0 Å². The fourth-order valence-electron chi connectivity index (χ4n) is 1.17. The standard InChI is InChI=1S/C11H11Cl2NO/c1-11(2,6-14)10(15)8-5-7(12)3-4-9(8)13/h3-5,10,15H,1-2H3. The van der Waals surface area contributed by atoms with Crippen LogP contribution in [0.5, 0.6) is 0 Å². The Morgan fingerprint density at radius 3 is 2.53 bits per heavy atom. The maximum Gasteiger partial charge on any atom is 0.0985 e. The third-order valence-corrected chi connectivity index (χ3v) is 2.80. The van der Waals surface area contributed by atoms with Gasteiger partial charge in [-0.15, -0.1) is 0 Å². The second-order valence-electron chi connectivity index (χ2n) is 3.90. The number of nitrogens with zero attached hydrogens (tertiary/aromatic N) is 1. The molecule has 0 fully saturated rings. The van der Waals surface area contributed by atoms with Gasteiger partial charge in [-0.05, 0) is 32.0 Å². The van der Waals surface area contributed by atoms with Crippen LogP contribution in [0.2, 0.25) is 10.0 Å². The Morgan fingerprint density at radius 1 is 1.40 bits per heavy atom. The Balaban J connectivity index is 3.17. The Morgan fingerprint density at radius 2 is 2.00 bits per heavy atom. The van der Waals surface area contributed by atoms with Crippen LogP contribution in [0.15, 0.2) is 18.2 Å². The third kappa shape index (κ3) is 2.63. The molecule has 1 aromatic carbocycles. The second-order valence-corrected chi connectivity index (χ2v) is 4.75. The lowest BCUT2D eigenvalue weighted by Gasteiger charge is -2.24. The lowest BCUT2D eigenvalue weighted by molar-refractivity contribution is 0.0869. The van der Waals surface area contributed by atoms with E-state index < -0.39 is 11.5 Å². The monoisotopic (exact) mass is 243 g/mol. The molecule has 1 atom stereocenters. The van der Waals surface area contributed by atoms with Crippen LogP contribution in [-0.2, 0) is 0 Å². The van der Waals surface area contributed by atoms with Gasteiger partial charge in [-0.25, -0.2) is 0 Å². The summed E-state index contributed by atoms with van der Waals surface area (Å²) in [6, 6.07) is 6.86. The van der Waals surface area contributed by atoms with Crippen molar-refractivity contribution in [2.24, 2.45) is 5.41 Å². The van der Waals surface area contributed by atoms with E-state index in [0.29, 0.717) is 15.6 Å². The fraction of sp³-hybridized carbons (Fsp3) is 0.364. The number of nitriles is 1. The van der Waals surface area contributed by atoms with Crippen LogP contribution in [0, 0.1) is 16.7 Å². The maximum atomic E-state index is 9.99. The Hall–Kier alpha value is -0.750. The zero-order valence-corrected chi connectivity index (χ0v) is 9.97. The molecule has 0 saturated heterocycles. The van der Waals surface area contributed by atoms with Gasteiger partial charge in [0.15, 0.2) is 0 Å². The van der Waals surface area contributed by atoms with E-state index in [1.54, 1.807) is 32.0 Å². The lowest BCUT2D eigenvalue weighted by Crippen LogP contribution is -2.20. The summed E-state index contributed by atoms with van der Waals surface area (Å²) in [5.41, 5.74) is -0.412. The molecule has 0 aromatic heterocycles. The molecule has 2 nitrogen and oxygen atoms in total. The summed E-state index contributed by atoms with van der Waals surface area (Å²) >= 11 is 11.7. The maximum absolute atomic E-state index is 9.99. The first-order chi connectivity index (χ1) is 6.88. The van der Waals surface area contributed by atoms with Gasteiger partial charge in [0, 0.05) is 15.6 Å². The first-order valence-electron chi connectivity index (χ1n) is 4.43. The number of rotatable bonds is 2. The molecule has 1 unspecified atom stereocenters. The molecule has 15 heavy (non-hydrogen) atoms. The van der Waals surface area contributed by atoms with Gasteiger partial charge in [-0.2, -0.15) is 5.26 Å². The molecule has 0 aliphatic rings. The topological polar surface area (TPSA) is 44.0 Å². The third-order valence-electron chi connectivity index (χ3n) is 2.22. The summed E-state index contributed by atoms with van der Waals surface area (Å²) in [5.74, 6) is 0. The molecular weight excluding hydrogens is 233 g/mol. The Bertz CT molecular complexity index is 410. The van der Waals surface area contributed by atoms with Gasteiger partial charge in [-0.1, -0.05) is 23.2 Å². The quantitative estimate of drug-likeness (QED) is 0.864. The van der Waals surface area contributed by atoms with Gasteiger partial charge in [0.05, 0.1) is 17.6 Å². The largest absolute Gasteiger partial charge is 0.387 e. The molecule has 0 spiro atoms. The molecule has 0 aliphatic heterocycles. The molecule has 0 amide bonds. The van der Waals surface area contributed by atoms with Gasteiger partial charge < -0.3 is 5.11 Å². The summed E-state index contributed by atoms with van der Waals surface area (Å²) in [6.07, 6.45) is -0.950. The van der Waals surface area contributed by atoms with Crippen LogP contribution >= 0.6 is 23.2 Å². The van der Waals surface area contributed by atoms with Gasteiger partial charge >= 0.3 is 0 Å². The van der Waals surface area contributed by atoms with Crippen molar-refractivity contribution < 1.29 is 5.11 Å². The summed E-state index contributed by atoms with van der Waals surface area (Å²) in [4.78, 5) is 0. The predicted octanol–water partition coefficient (Wildman–Crippen LogP) is 3.58. The normalized spacial score (nSPS) is 13.3. The van der Waals surface area contributed by atoms with Crippen molar-refractivity contribution in [1.82, 2.24) is 0 Å². The first kappa shape index (κ1) is 12.3. The number of aliphatic hydroxyl groups is 1. The van der Waals surface area contributed by atoms with Crippen LogP contribution in [0.25, 0.3) is 0 Å². The van der Waals surface area contributed by atoms with E-state index in [-0.39, 0.29) is 0 Å². The van der Waals surface area contributed by atoms with E-state index in [1.165, 1.54) is 0 Å². The van der Waals surface area contributed by atoms with Crippen molar-refractivity contribution in [2.75, 3.05) is 0 Å². The summed E-state index contributed by atoms with van der Waals surface area (Å²) < 4.78 is 0. The Kier molecular flexibility index (Phi) is 3.62. The van der Waals surface area contributed by atoms with E-state index in [2.05, 4.69) is 0 Å². The fourth-order valence-corrected chi connectivity index (χ4v) is 1.58. The average molecular weight is 244 g/mol. The smallest absolute Gasteiger partial charge is 0.0985 e. The molecule has 1 rings (SSSR count). The van der Waals surface area contributed by atoms with Crippen LogP contribution in [-0.4, -0.2) is 5.11 Å². The number of halogens is 2. The lowest BCUT2D eigenvalue weighted by atomic mass is 9.84. The first-order valence-corrected chi connectivity index (χ1v) is 5.18. The zero-order chi connectivity index (χ0) is 11.6. The van der Waals surface area contributed by atoms with E-state index in [9.17, 15) is 5.11 Å². The van der Waals surface area contributed by atoms with Crippen molar-refractivity contribution in [1.29, 1.82) is 5.26 Å². The predicted molar refractivity (Wildman–Crippen MR) is 60.8 cm³/mol. The molecule has 1 aromatic rings. The molecule has 0 aliphatic carbocycles. The van der Waals surface area contributed by atoms with Gasteiger partial charge in [0.2, 0.25) is 0 Å². The average Bonchev–Trinajstić information content (AvgIpc) is 2.20. The molecule has 0 heterocycles. The number of hydrogen-bond donors (Lipinski definition) is 1. The minimum atomic E-state index is -0.950. The molecule has 4 heteroatoms. The van der Waals surface area contributed by atoms with Crippen LogP contribution < -0.4 is 0 Å². The van der Waals surface area contributed by atoms with Crippen molar-refractivity contribution in [3.63, 3.8) is 0 Å². The minimum absolute atomic E-state index is 0.412. The highest BCUT2D eigenvalue weighted by Gasteiger charge is 2.30. The van der Waals surface area contributed by atoms with E-state index in [0.717, 1.165) is 0 Å². The molecule has 0 bridgehead atoms. The highest BCUT2D eigenvalue weighted by Crippen LogP contribution is 2.37. The minimum Gasteiger partial charge on any atom is -0.387 e. The van der Waals surface area contributed by atoms with Gasteiger partial charge in [-0.3, -0.25) is 0 Å². The van der Waals surface area contributed by atoms with Gasteiger partial charge in [0.25, 0.3) is 0 Å². The Labute approximate surface area is 99.0 Å².